The van der Waals surface area contributed by atoms with Gasteiger partial charge in [0.05, 0.1) is 0 Å². The fourth-order valence-corrected chi connectivity index (χ4v) is 1.82. The second-order valence-corrected chi connectivity index (χ2v) is 4.62. The normalized spacial score (nSPS) is 12.0. The highest BCUT2D eigenvalue weighted by Gasteiger charge is 2.15. The van der Waals surface area contributed by atoms with Gasteiger partial charge in [-0.1, -0.05) is 18.5 Å². The van der Waals surface area contributed by atoms with E-state index >= 15 is 0 Å². The van der Waals surface area contributed by atoms with Crippen molar-refractivity contribution in [3.8, 4) is 5.75 Å². The third-order valence-electron chi connectivity index (χ3n) is 2.61. The summed E-state index contributed by atoms with van der Waals surface area (Å²) >= 11 is 5.98. The maximum Gasteiger partial charge on any atom is 0.260 e. The lowest BCUT2D eigenvalue weighted by Gasteiger charge is -2.17. The Balaban J connectivity index is 2.78. The Kier molecular flexibility index (Phi) is 6.67. The van der Waals surface area contributed by atoms with Crippen LogP contribution in [0.5, 0.6) is 5.75 Å². The van der Waals surface area contributed by atoms with Gasteiger partial charge in [-0.3, -0.25) is 4.79 Å². The van der Waals surface area contributed by atoms with Crippen molar-refractivity contribution in [3.63, 3.8) is 0 Å². The average molecular weight is 285 g/mol. The van der Waals surface area contributed by atoms with E-state index in [1.54, 1.807) is 19.1 Å². The second kappa shape index (κ2) is 8.02. The van der Waals surface area contributed by atoms with Crippen LogP contribution in [0.3, 0.4) is 0 Å². The van der Waals surface area contributed by atoms with Crippen molar-refractivity contribution in [2.45, 2.75) is 33.4 Å². The summed E-state index contributed by atoms with van der Waals surface area (Å²) in [5.74, 6) is 0.566. The zero-order valence-corrected chi connectivity index (χ0v) is 12.4. The van der Waals surface area contributed by atoms with Crippen LogP contribution >= 0.6 is 11.6 Å². The van der Waals surface area contributed by atoms with Gasteiger partial charge < -0.3 is 15.4 Å². The predicted octanol–water partition coefficient (Wildman–Crippen LogP) is 2.35. The molecule has 1 atom stereocenters. The van der Waals surface area contributed by atoms with E-state index in [0.717, 1.165) is 12.1 Å². The highest BCUT2D eigenvalue weighted by molar-refractivity contribution is 6.30. The van der Waals surface area contributed by atoms with Crippen molar-refractivity contribution in [2.24, 2.45) is 0 Å². The molecule has 0 bridgehead atoms. The Morgan fingerprint density at radius 3 is 2.74 bits per heavy atom. The molecule has 0 fully saturated rings. The smallest absolute Gasteiger partial charge is 0.260 e. The van der Waals surface area contributed by atoms with Crippen molar-refractivity contribution >= 4 is 17.5 Å². The summed E-state index contributed by atoms with van der Waals surface area (Å²) in [4.78, 5) is 11.7. The number of ether oxygens (including phenoxy) is 1. The quantitative estimate of drug-likeness (QED) is 0.808. The monoisotopic (exact) mass is 284 g/mol. The highest BCUT2D eigenvalue weighted by atomic mass is 35.5. The van der Waals surface area contributed by atoms with Gasteiger partial charge in [0.25, 0.3) is 5.91 Å². The van der Waals surface area contributed by atoms with Crippen LogP contribution in [0.4, 0.5) is 0 Å². The highest BCUT2D eigenvalue weighted by Crippen LogP contribution is 2.23. The summed E-state index contributed by atoms with van der Waals surface area (Å²) in [6, 6.07) is 5.41. The van der Waals surface area contributed by atoms with Crippen LogP contribution < -0.4 is 15.4 Å². The number of rotatable bonds is 7. The van der Waals surface area contributed by atoms with Gasteiger partial charge in [-0.15, -0.1) is 0 Å². The Morgan fingerprint density at radius 1 is 1.37 bits per heavy atom. The zero-order valence-electron chi connectivity index (χ0n) is 11.6. The van der Waals surface area contributed by atoms with Crippen molar-refractivity contribution < 1.29 is 9.53 Å². The maximum atomic E-state index is 11.7. The summed E-state index contributed by atoms with van der Waals surface area (Å²) < 4.78 is 5.70. The van der Waals surface area contributed by atoms with Crippen LogP contribution in [0, 0.1) is 0 Å². The first-order valence-electron chi connectivity index (χ1n) is 6.52. The number of carbonyl (C=O) groups is 1. The molecule has 4 nitrogen and oxygen atoms in total. The molecule has 0 aliphatic heterocycles. The molecule has 19 heavy (non-hydrogen) atoms. The molecule has 106 valence electrons. The van der Waals surface area contributed by atoms with E-state index in [4.69, 9.17) is 16.3 Å². The predicted molar refractivity (Wildman–Crippen MR) is 77.6 cm³/mol. The fraction of sp³-hybridized carbons (Fsp3) is 0.500. The van der Waals surface area contributed by atoms with Crippen LogP contribution in [-0.4, -0.2) is 25.1 Å². The maximum absolute atomic E-state index is 11.7. The largest absolute Gasteiger partial charge is 0.481 e. The van der Waals surface area contributed by atoms with E-state index in [1.165, 1.54) is 0 Å². The van der Waals surface area contributed by atoms with Crippen LogP contribution in [0.15, 0.2) is 18.2 Å². The zero-order chi connectivity index (χ0) is 14.3. The molecule has 0 aliphatic rings. The Bertz CT molecular complexity index is 424. The topological polar surface area (TPSA) is 50.4 Å². The van der Waals surface area contributed by atoms with Crippen LogP contribution in [0.1, 0.15) is 26.3 Å². The summed E-state index contributed by atoms with van der Waals surface area (Å²) in [5, 5.41) is 6.61. The van der Waals surface area contributed by atoms with E-state index in [2.05, 4.69) is 10.6 Å². The molecule has 0 aliphatic carbocycles. The number of benzene rings is 1. The molecule has 0 aromatic heterocycles. The molecule has 1 amide bonds. The number of nitrogens with one attached hydrogen (secondary N) is 2. The lowest BCUT2D eigenvalue weighted by molar-refractivity contribution is -0.127. The molecule has 0 radical (unpaired) electrons. The molecule has 1 rings (SSSR count). The third-order valence-corrected chi connectivity index (χ3v) is 2.85. The average Bonchev–Trinajstić information content (AvgIpc) is 2.39. The fourth-order valence-electron chi connectivity index (χ4n) is 1.62. The van der Waals surface area contributed by atoms with Crippen molar-refractivity contribution in [2.75, 3.05) is 13.1 Å². The Labute approximate surface area is 119 Å². The van der Waals surface area contributed by atoms with Gasteiger partial charge in [0.15, 0.2) is 6.10 Å². The minimum Gasteiger partial charge on any atom is -0.481 e. The first-order chi connectivity index (χ1) is 9.08. The van der Waals surface area contributed by atoms with E-state index in [-0.39, 0.29) is 5.91 Å². The molecule has 0 saturated heterocycles. The molecule has 2 N–H and O–H groups in total. The van der Waals surface area contributed by atoms with Crippen molar-refractivity contribution in [1.29, 1.82) is 0 Å². The standard InChI is InChI=1S/C14H21ClN2O2/c1-4-16-9-11-8-12(15)6-7-13(11)19-10(3)14(18)17-5-2/h6-8,10,16H,4-5,9H2,1-3H3,(H,17,18). The molecule has 5 heteroatoms. The van der Waals surface area contributed by atoms with Crippen molar-refractivity contribution in [3.05, 3.63) is 28.8 Å². The number of likely N-dealkylation sites (N-methyl/N-ethyl adjacent to an activating group) is 1. The molecule has 1 aromatic rings. The van der Waals surface area contributed by atoms with Gasteiger partial charge in [-0.05, 0) is 38.6 Å². The molecule has 0 heterocycles. The van der Waals surface area contributed by atoms with Gasteiger partial charge in [-0.2, -0.15) is 0 Å². The first-order valence-corrected chi connectivity index (χ1v) is 6.89. The number of halogens is 1. The van der Waals surface area contributed by atoms with Crippen LogP contribution in [0.2, 0.25) is 5.02 Å². The Morgan fingerprint density at radius 2 is 2.11 bits per heavy atom. The summed E-state index contributed by atoms with van der Waals surface area (Å²) in [6.45, 7) is 7.76. The Hall–Kier alpha value is -1.26. The van der Waals surface area contributed by atoms with Crippen molar-refractivity contribution in [1.82, 2.24) is 10.6 Å². The number of amides is 1. The van der Waals surface area contributed by atoms with Crippen LogP contribution in [0.25, 0.3) is 0 Å². The van der Waals surface area contributed by atoms with E-state index in [1.807, 2.05) is 19.9 Å². The molecule has 0 spiro atoms. The molecular formula is C14H21ClN2O2. The minimum atomic E-state index is -0.526. The van der Waals surface area contributed by atoms with Gasteiger partial charge in [0.1, 0.15) is 5.75 Å². The second-order valence-electron chi connectivity index (χ2n) is 4.19. The lowest BCUT2D eigenvalue weighted by atomic mass is 10.2. The third kappa shape index (κ3) is 5.09. The number of hydrogen-bond donors (Lipinski definition) is 2. The molecule has 1 unspecified atom stereocenters. The summed E-state index contributed by atoms with van der Waals surface area (Å²) in [6.07, 6.45) is -0.526. The lowest BCUT2D eigenvalue weighted by Crippen LogP contribution is -2.36. The van der Waals surface area contributed by atoms with Gasteiger partial charge in [-0.25, -0.2) is 0 Å². The molecule has 0 saturated carbocycles. The van der Waals surface area contributed by atoms with Gasteiger partial charge >= 0.3 is 0 Å². The van der Waals surface area contributed by atoms with Gasteiger partial charge in [0.2, 0.25) is 0 Å². The van der Waals surface area contributed by atoms with E-state index < -0.39 is 6.10 Å². The molecule has 1 aromatic carbocycles. The first kappa shape index (κ1) is 15.8. The van der Waals surface area contributed by atoms with E-state index in [9.17, 15) is 4.79 Å². The van der Waals surface area contributed by atoms with E-state index in [0.29, 0.717) is 23.9 Å². The summed E-state index contributed by atoms with van der Waals surface area (Å²) in [5.41, 5.74) is 0.950. The minimum absolute atomic E-state index is 0.119. The molecular weight excluding hydrogens is 264 g/mol. The summed E-state index contributed by atoms with van der Waals surface area (Å²) in [7, 11) is 0. The number of hydrogen-bond acceptors (Lipinski definition) is 3. The van der Waals surface area contributed by atoms with Crippen LogP contribution in [-0.2, 0) is 11.3 Å². The number of carbonyl (C=O) groups excluding carboxylic acids is 1. The SMILES string of the molecule is CCNCc1cc(Cl)ccc1OC(C)C(=O)NCC. The van der Waals surface area contributed by atoms with Gasteiger partial charge in [0, 0.05) is 23.7 Å².